The Kier molecular flexibility index (Phi) is 3.92. The normalized spacial score (nSPS) is 12.4. The fourth-order valence-corrected chi connectivity index (χ4v) is 5.63. The maximum atomic E-state index is 11.9. The van der Waals surface area contributed by atoms with E-state index < -0.39 is 0 Å². The van der Waals surface area contributed by atoms with Gasteiger partial charge in [0.2, 0.25) is 0 Å². The molecule has 0 atom stereocenters. The van der Waals surface area contributed by atoms with E-state index in [1.807, 2.05) is 54.6 Å². The summed E-state index contributed by atoms with van der Waals surface area (Å²) in [5.41, 5.74) is 1.70. The van der Waals surface area contributed by atoms with Crippen molar-refractivity contribution in [2.45, 2.75) is 19.6 Å². The zero-order chi connectivity index (χ0) is 18.4. The summed E-state index contributed by atoms with van der Waals surface area (Å²) in [4.78, 5) is 16.4. The summed E-state index contributed by atoms with van der Waals surface area (Å²) in [6.07, 6.45) is 0. The molecule has 130 valence electrons. The van der Waals surface area contributed by atoms with Gasteiger partial charge in [-0.15, -0.1) is 0 Å². The minimum atomic E-state index is -0.270. The summed E-state index contributed by atoms with van der Waals surface area (Å²) >= 11 is 3.46. The Morgan fingerprint density at radius 2 is 1.37 bits per heavy atom. The van der Waals surface area contributed by atoms with Crippen molar-refractivity contribution in [2.75, 3.05) is 0 Å². The highest BCUT2D eigenvalue weighted by Crippen LogP contribution is 2.49. The van der Waals surface area contributed by atoms with Gasteiger partial charge in [-0.05, 0) is 47.3 Å². The second-order valence-corrected chi connectivity index (χ2v) is 8.42. The van der Waals surface area contributed by atoms with E-state index in [4.69, 9.17) is 0 Å². The molecule has 0 saturated carbocycles. The van der Waals surface area contributed by atoms with Crippen LogP contribution in [0.3, 0.4) is 0 Å². The number of hydrogen-bond acceptors (Lipinski definition) is 4. The van der Waals surface area contributed by atoms with Crippen LogP contribution in [-0.4, -0.2) is 4.92 Å². The van der Waals surface area contributed by atoms with Crippen LogP contribution in [0.5, 0.6) is 0 Å². The van der Waals surface area contributed by atoms with Crippen molar-refractivity contribution in [3.63, 3.8) is 0 Å². The Morgan fingerprint density at radius 3 is 2.15 bits per heavy atom. The van der Waals surface area contributed by atoms with E-state index in [0.29, 0.717) is 10.9 Å². The number of rotatable bonds is 2. The van der Waals surface area contributed by atoms with Crippen molar-refractivity contribution in [1.82, 2.24) is 0 Å². The average molecular weight is 387 g/mol. The first-order valence-electron chi connectivity index (χ1n) is 8.46. The molecule has 1 aliphatic rings. The molecular weight excluding hydrogens is 374 g/mol. The Labute approximate surface area is 164 Å². The van der Waals surface area contributed by atoms with Gasteiger partial charge in [-0.25, -0.2) is 0 Å². The molecule has 0 N–H and O–H groups in total. The number of benzene rings is 4. The number of nitro benzene ring substituents is 1. The van der Waals surface area contributed by atoms with Crippen molar-refractivity contribution < 1.29 is 4.92 Å². The Hall–Kier alpha value is -2.76. The number of nitrogens with zero attached hydrogens (tertiary/aromatic N) is 1. The highest BCUT2D eigenvalue weighted by Gasteiger charge is 2.22. The number of fused-ring (bicyclic) bond motifs is 3. The van der Waals surface area contributed by atoms with Gasteiger partial charge in [0.15, 0.2) is 0 Å². The van der Waals surface area contributed by atoms with Gasteiger partial charge in [-0.1, -0.05) is 66.0 Å². The first kappa shape index (κ1) is 16.4. The van der Waals surface area contributed by atoms with Crippen LogP contribution in [0.4, 0.5) is 5.69 Å². The molecule has 0 fully saturated rings. The minimum absolute atomic E-state index is 0.168. The molecule has 27 heavy (non-hydrogen) atoms. The molecule has 4 aromatic carbocycles. The molecule has 0 amide bonds. The SMILES string of the molecule is O=[N+]([O-])c1c(-c2ccc3c(c2)Sc2ccccc2S3)ccc2ccccc12. The number of hydrogen-bond donors (Lipinski definition) is 0. The molecular formula is C22H13NO2S2. The van der Waals surface area contributed by atoms with E-state index in [0.717, 1.165) is 15.8 Å². The third-order valence-electron chi connectivity index (χ3n) is 4.63. The zero-order valence-corrected chi connectivity index (χ0v) is 15.7. The van der Waals surface area contributed by atoms with Crippen molar-refractivity contribution in [3.8, 4) is 11.1 Å². The molecule has 1 heterocycles. The summed E-state index contributed by atoms with van der Waals surface area (Å²) < 4.78 is 0. The minimum Gasteiger partial charge on any atom is -0.258 e. The van der Waals surface area contributed by atoms with Gasteiger partial charge in [-0.3, -0.25) is 10.1 Å². The lowest BCUT2D eigenvalue weighted by atomic mass is 9.98. The summed E-state index contributed by atoms with van der Waals surface area (Å²) in [7, 11) is 0. The molecule has 0 bridgehead atoms. The third-order valence-corrected chi connectivity index (χ3v) is 7.17. The lowest BCUT2D eigenvalue weighted by molar-refractivity contribution is -0.382. The molecule has 0 spiro atoms. The van der Waals surface area contributed by atoms with Crippen LogP contribution in [0.25, 0.3) is 21.9 Å². The van der Waals surface area contributed by atoms with E-state index in [1.165, 1.54) is 14.7 Å². The summed E-state index contributed by atoms with van der Waals surface area (Å²) in [6, 6.07) is 25.7. The number of nitro groups is 1. The van der Waals surface area contributed by atoms with E-state index in [9.17, 15) is 10.1 Å². The Bertz CT molecular complexity index is 1220. The third kappa shape index (κ3) is 2.80. The quantitative estimate of drug-likeness (QED) is 0.241. The van der Waals surface area contributed by atoms with Crippen molar-refractivity contribution >= 4 is 40.0 Å². The van der Waals surface area contributed by atoms with Gasteiger partial charge in [0, 0.05) is 19.6 Å². The van der Waals surface area contributed by atoms with Crippen LogP contribution >= 0.6 is 23.5 Å². The molecule has 5 heteroatoms. The molecule has 4 aromatic rings. The summed E-state index contributed by atoms with van der Waals surface area (Å²) in [5, 5.41) is 13.4. The van der Waals surface area contributed by atoms with E-state index in [2.05, 4.69) is 24.3 Å². The van der Waals surface area contributed by atoms with E-state index in [-0.39, 0.29) is 10.6 Å². The van der Waals surface area contributed by atoms with Crippen molar-refractivity contribution in [3.05, 3.63) is 89.0 Å². The van der Waals surface area contributed by atoms with Crippen molar-refractivity contribution in [2.24, 2.45) is 0 Å². The Morgan fingerprint density at radius 1 is 0.704 bits per heavy atom. The lowest BCUT2D eigenvalue weighted by Crippen LogP contribution is -1.95. The van der Waals surface area contributed by atoms with Gasteiger partial charge < -0.3 is 0 Å². The first-order chi connectivity index (χ1) is 13.2. The van der Waals surface area contributed by atoms with Gasteiger partial charge in [0.05, 0.1) is 15.9 Å². The predicted molar refractivity (Wildman–Crippen MR) is 111 cm³/mol. The molecule has 5 rings (SSSR count). The van der Waals surface area contributed by atoms with Crippen molar-refractivity contribution in [1.29, 1.82) is 0 Å². The van der Waals surface area contributed by atoms with Crippen LogP contribution in [-0.2, 0) is 0 Å². The average Bonchev–Trinajstić information content (AvgIpc) is 2.70. The smallest absolute Gasteiger partial charge is 0.258 e. The molecule has 1 aliphatic heterocycles. The summed E-state index contributed by atoms with van der Waals surface area (Å²) in [5.74, 6) is 0. The Balaban J connectivity index is 1.67. The molecule has 3 nitrogen and oxygen atoms in total. The van der Waals surface area contributed by atoms with E-state index >= 15 is 0 Å². The molecule has 0 aromatic heterocycles. The first-order valence-corrected chi connectivity index (χ1v) is 10.1. The molecule has 0 radical (unpaired) electrons. The fraction of sp³-hybridized carbons (Fsp3) is 0. The highest BCUT2D eigenvalue weighted by atomic mass is 32.2. The van der Waals surface area contributed by atoms with Gasteiger partial charge in [0.1, 0.15) is 0 Å². The topological polar surface area (TPSA) is 43.1 Å². The predicted octanol–water partition coefficient (Wildman–Crippen LogP) is 7.03. The van der Waals surface area contributed by atoms with Crippen LogP contribution in [0.15, 0.2) is 98.4 Å². The largest absolute Gasteiger partial charge is 0.284 e. The van der Waals surface area contributed by atoms with Gasteiger partial charge >= 0.3 is 0 Å². The fourth-order valence-electron chi connectivity index (χ4n) is 3.38. The second kappa shape index (κ2) is 6.44. The second-order valence-electron chi connectivity index (χ2n) is 6.25. The standard InChI is InChI=1S/C22H13NO2S2/c24-23(25)22-16-6-2-1-5-14(16)9-11-17(22)15-10-12-20-21(13-15)27-19-8-4-3-7-18(19)26-20/h1-13H. The van der Waals surface area contributed by atoms with Crippen LogP contribution in [0.1, 0.15) is 0 Å². The maximum Gasteiger partial charge on any atom is 0.284 e. The van der Waals surface area contributed by atoms with Gasteiger partial charge in [-0.2, -0.15) is 0 Å². The van der Waals surface area contributed by atoms with Crippen LogP contribution in [0.2, 0.25) is 0 Å². The van der Waals surface area contributed by atoms with Crippen LogP contribution < -0.4 is 0 Å². The monoisotopic (exact) mass is 387 g/mol. The molecule has 0 aliphatic carbocycles. The van der Waals surface area contributed by atoms with Gasteiger partial charge in [0.25, 0.3) is 5.69 Å². The molecule has 0 saturated heterocycles. The molecule has 0 unspecified atom stereocenters. The zero-order valence-electron chi connectivity index (χ0n) is 14.1. The lowest BCUT2D eigenvalue weighted by Gasteiger charge is -2.19. The maximum absolute atomic E-state index is 11.9. The van der Waals surface area contributed by atoms with E-state index in [1.54, 1.807) is 23.5 Å². The highest BCUT2D eigenvalue weighted by molar-refractivity contribution is 8.05. The summed E-state index contributed by atoms with van der Waals surface area (Å²) in [6.45, 7) is 0. The van der Waals surface area contributed by atoms with Crippen LogP contribution in [0, 0.1) is 10.1 Å².